The van der Waals surface area contributed by atoms with Crippen LogP contribution in [0, 0.1) is 13.8 Å². The minimum Gasteiger partial charge on any atom is -0.496 e. The van der Waals surface area contributed by atoms with Gasteiger partial charge in [0.1, 0.15) is 5.75 Å². The highest BCUT2D eigenvalue weighted by Crippen LogP contribution is 2.36. The number of rotatable bonds is 4. The molecule has 0 heterocycles. The third-order valence-electron chi connectivity index (χ3n) is 3.59. The second-order valence-corrected chi connectivity index (χ2v) is 5.60. The van der Waals surface area contributed by atoms with Gasteiger partial charge < -0.3 is 9.84 Å². The summed E-state index contributed by atoms with van der Waals surface area (Å²) in [4.78, 5) is 0. The summed E-state index contributed by atoms with van der Waals surface area (Å²) in [6.07, 6.45) is 0.564. The summed E-state index contributed by atoms with van der Waals surface area (Å²) in [6, 6.07) is 14.1. The molecule has 0 aliphatic rings. The van der Waals surface area contributed by atoms with Crippen LogP contribution >= 0.6 is 0 Å². The van der Waals surface area contributed by atoms with Crippen molar-refractivity contribution in [3.8, 4) is 5.75 Å². The van der Waals surface area contributed by atoms with Gasteiger partial charge in [-0.1, -0.05) is 36.4 Å². The summed E-state index contributed by atoms with van der Waals surface area (Å²) >= 11 is 0. The van der Waals surface area contributed by atoms with Gasteiger partial charge in [-0.05, 0) is 43.5 Å². The molecule has 0 amide bonds. The maximum Gasteiger partial charge on any atom is 0.125 e. The molecular weight excluding hydrogens is 248 g/mol. The number of ether oxygens (including phenoxy) is 1. The van der Waals surface area contributed by atoms with E-state index in [0.29, 0.717) is 6.42 Å². The van der Waals surface area contributed by atoms with Gasteiger partial charge in [0.25, 0.3) is 0 Å². The van der Waals surface area contributed by atoms with E-state index in [9.17, 15) is 5.11 Å². The minimum atomic E-state index is -0.954. The number of benzene rings is 2. The Morgan fingerprint density at radius 2 is 1.75 bits per heavy atom. The Hall–Kier alpha value is -1.80. The fraction of sp³-hybridized carbons (Fsp3) is 0.333. The molecule has 1 N–H and O–H groups in total. The molecule has 2 aromatic carbocycles. The first-order chi connectivity index (χ1) is 9.44. The quantitative estimate of drug-likeness (QED) is 0.916. The Balaban J connectivity index is 2.43. The van der Waals surface area contributed by atoms with E-state index < -0.39 is 5.60 Å². The zero-order valence-electron chi connectivity index (χ0n) is 12.6. The first-order valence-electron chi connectivity index (χ1n) is 6.86. The fourth-order valence-electron chi connectivity index (χ4n) is 2.86. The maximum absolute atomic E-state index is 10.9. The van der Waals surface area contributed by atoms with Crippen molar-refractivity contribution >= 4 is 0 Å². The van der Waals surface area contributed by atoms with Gasteiger partial charge in [-0.15, -0.1) is 0 Å². The average molecular weight is 270 g/mol. The largest absolute Gasteiger partial charge is 0.496 e. The summed E-state index contributed by atoms with van der Waals surface area (Å²) in [7, 11) is 1.65. The van der Waals surface area contributed by atoms with E-state index >= 15 is 0 Å². The molecule has 0 aliphatic carbocycles. The SMILES string of the molecule is COc1cc(C)cc(C)c1C(C)(O)Cc1ccccc1. The van der Waals surface area contributed by atoms with Crippen molar-refractivity contribution in [3.63, 3.8) is 0 Å². The van der Waals surface area contributed by atoms with E-state index in [4.69, 9.17) is 4.74 Å². The lowest BCUT2D eigenvalue weighted by atomic mass is 9.85. The Kier molecular flexibility index (Phi) is 4.15. The van der Waals surface area contributed by atoms with Crippen LogP contribution in [0.2, 0.25) is 0 Å². The number of hydrogen-bond acceptors (Lipinski definition) is 2. The van der Waals surface area contributed by atoms with Gasteiger partial charge in [0.15, 0.2) is 0 Å². The van der Waals surface area contributed by atoms with Crippen LogP contribution < -0.4 is 4.74 Å². The Morgan fingerprint density at radius 3 is 2.35 bits per heavy atom. The van der Waals surface area contributed by atoms with Crippen LogP contribution in [0.4, 0.5) is 0 Å². The first-order valence-corrected chi connectivity index (χ1v) is 6.86. The third-order valence-corrected chi connectivity index (χ3v) is 3.59. The molecule has 2 heteroatoms. The van der Waals surface area contributed by atoms with Crippen molar-refractivity contribution in [2.45, 2.75) is 32.8 Å². The van der Waals surface area contributed by atoms with E-state index in [1.165, 1.54) is 0 Å². The number of aryl methyl sites for hydroxylation is 2. The summed E-state index contributed by atoms with van der Waals surface area (Å²) in [5.74, 6) is 0.753. The van der Waals surface area contributed by atoms with Crippen molar-refractivity contribution in [2.75, 3.05) is 7.11 Å². The van der Waals surface area contributed by atoms with Crippen molar-refractivity contribution in [1.29, 1.82) is 0 Å². The van der Waals surface area contributed by atoms with Crippen LogP contribution in [-0.2, 0) is 12.0 Å². The van der Waals surface area contributed by atoms with E-state index in [0.717, 1.165) is 28.0 Å². The second kappa shape index (κ2) is 5.68. The van der Waals surface area contributed by atoms with Gasteiger partial charge in [-0.3, -0.25) is 0 Å². The fourth-order valence-corrected chi connectivity index (χ4v) is 2.86. The standard InChI is InChI=1S/C18H22O2/c1-13-10-14(2)17(16(11-13)20-4)18(3,19)12-15-8-6-5-7-9-15/h5-11,19H,12H2,1-4H3. The smallest absolute Gasteiger partial charge is 0.125 e. The summed E-state index contributed by atoms with van der Waals surface area (Å²) in [5.41, 5.74) is 3.22. The van der Waals surface area contributed by atoms with Gasteiger partial charge in [-0.2, -0.15) is 0 Å². The highest BCUT2D eigenvalue weighted by molar-refractivity contribution is 5.47. The molecular formula is C18H22O2. The van der Waals surface area contributed by atoms with Crippen LogP contribution in [0.3, 0.4) is 0 Å². The highest BCUT2D eigenvalue weighted by atomic mass is 16.5. The zero-order chi connectivity index (χ0) is 14.8. The van der Waals surface area contributed by atoms with Gasteiger partial charge >= 0.3 is 0 Å². The molecule has 1 unspecified atom stereocenters. The van der Waals surface area contributed by atoms with E-state index in [2.05, 4.69) is 6.07 Å². The molecule has 2 aromatic rings. The van der Waals surface area contributed by atoms with Crippen molar-refractivity contribution < 1.29 is 9.84 Å². The van der Waals surface area contributed by atoms with Gasteiger partial charge in [0, 0.05) is 12.0 Å². The number of aliphatic hydroxyl groups is 1. The predicted molar refractivity (Wildman–Crippen MR) is 82.2 cm³/mol. The monoisotopic (exact) mass is 270 g/mol. The Bertz CT molecular complexity index is 586. The lowest BCUT2D eigenvalue weighted by Crippen LogP contribution is -2.26. The van der Waals surface area contributed by atoms with Crippen LogP contribution in [0.15, 0.2) is 42.5 Å². The van der Waals surface area contributed by atoms with E-state index in [1.807, 2.05) is 57.2 Å². The van der Waals surface area contributed by atoms with E-state index in [-0.39, 0.29) is 0 Å². The molecule has 2 rings (SSSR count). The molecule has 0 aliphatic heterocycles. The van der Waals surface area contributed by atoms with Gasteiger partial charge in [-0.25, -0.2) is 0 Å². The molecule has 0 saturated carbocycles. The van der Waals surface area contributed by atoms with E-state index in [1.54, 1.807) is 7.11 Å². The summed E-state index contributed by atoms with van der Waals surface area (Å²) in [6.45, 7) is 5.90. The molecule has 106 valence electrons. The van der Waals surface area contributed by atoms with Crippen LogP contribution in [0.5, 0.6) is 5.75 Å². The molecule has 0 radical (unpaired) electrons. The highest BCUT2D eigenvalue weighted by Gasteiger charge is 2.29. The molecule has 1 atom stereocenters. The summed E-state index contributed by atoms with van der Waals surface area (Å²) < 4.78 is 5.47. The van der Waals surface area contributed by atoms with Crippen LogP contribution in [0.1, 0.15) is 29.2 Å². The average Bonchev–Trinajstić information content (AvgIpc) is 2.37. The maximum atomic E-state index is 10.9. The first kappa shape index (κ1) is 14.6. The number of methoxy groups -OCH3 is 1. The molecule has 20 heavy (non-hydrogen) atoms. The van der Waals surface area contributed by atoms with Gasteiger partial charge in [0.05, 0.1) is 12.7 Å². The molecule has 0 fully saturated rings. The van der Waals surface area contributed by atoms with Crippen LogP contribution in [-0.4, -0.2) is 12.2 Å². The Morgan fingerprint density at radius 1 is 1.10 bits per heavy atom. The predicted octanol–water partition coefficient (Wildman–Crippen LogP) is 3.76. The van der Waals surface area contributed by atoms with Crippen molar-refractivity contribution in [3.05, 3.63) is 64.7 Å². The van der Waals surface area contributed by atoms with Crippen molar-refractivity contribution in [2.24, 2.45) is 0 Å². The molecule has 0 aromatic heterocycles. The second-order valence-electron chi connectivity index (χ2n) is 5.60. The number of hydrogen-bond donors (Lipinski definition) is 1. The molecule has 0 bridgehead atoms. The van der Waals surface area contributed by atoms with Crippen LogP contribution in [0.25, 0.3) is 0 Å². The van der Waals surface area contributed by atoms with Gasteiger partial charge in [0.2, 0.25) is 0 Å². The molecule has 0 saturated heterocycles. The Labute approximate surface area is 121 Å². The topological polar surface area (TPSA) is 29.5 Å². The lowest BCUT2D eigenvalue weighted by molar-refractivity contribution is 0.0543. The third kappa shape index (κ3) is 3.02. The normalized spacial score (nSPS) is 13.8. The zero-order valence-corrected chi connectivity index (χ0v) is 12.6. The lowest BCUT2D eigenvalue weighted by Gasteiger charge is -2.28. The molecule has 0 spiro atoms. The molecule has 2 nitrogen and oxygen atoms in total. The van der Waals surface area contributed by atoms with Crippen molar-refractivity contribution in [1.82, 2.24) is 0 Å². The minimum absolute atomic E-state index is 0.564. The summed E-state index contributed by atoms with van der Waals surface area (Å²) in [5, 5.41) is 10.9.